The minimum absolute atomic E-state index is 0.115. The number of anilines is 1. The molecule has 2 N–H and O–H groups in total. The Balaban J connectivity index is 2.05. The summed E-state index contributed by atoms with van der Waals surface area (Å²) in [5.41, 5.74) is 2.49. The fraction of sp³-hybridized carbons (Fsp3) is 0.500. The first kappa shape index (κ1) is 9.16. The molecule has 0 unspecified atom stereocenters. The van der Waals surface area contributed by atoms with Crippen molar-refractivity contribution in [3.63, 3.8) is 0 Å². The zero-order valence-electron chi connectivity index (χ0n) is 8.65. The smallest absolute Gasteiger partial charge is 0.123 e. The predicted molar refractivity (Wildman–Crippen MR) is 58.7 cm³/mol. The molecule has 2 aliphatic heterocycles. The lowest BCUT2D eigenvalue weighted by Crippen LogP contribution is -2.41. The zero-order valence-corrected chi connectivity index (χ0v) is 8.65. The third kappa shape index (κ3) is 1.34. The maximum atomic E-state index is 13.3. The number of nitrogens with one attached hydrogen (secondary N) is 2. The van der Waals surface area contributed by atoms with Crippen molar-refractivity contribution >= 4 is 5.69 Å². The molecule has 2 heterocycles. The molecule has 1 spiro atoms. The van der Waals surface area contributed by atoms with Crippen LogP contribution in [-0.4, -0.2) is 19.6 Å². The molecule has 0 atom stereocenters. The van der Waals surface area contributed by atoms with E-state index in [0.717, 1.165) is 38.2 Å². The summed E-state index contributed by atoms with van der Waals surface area (Å²) < 4.78 is 13.3. The van der Waals surface area contributed by atoms with Gasteiger partial charge in [0.25, 0.3) is 0 Å². The van der Waals surface area contributed by atoms with Gasteiger partial charge in [0.2, 0.25) is 0 Å². The summed E-state index contributed by atoms with van der Waals surface area (Å²) >= 11 is 0. The van der Waals surface area contributed by atoms with Crippen molar-refractivity contribution in [2.75, 3.05) is 25.0 Å². The number of hydrogen-bond acceptors (Lipinski definition) is 2. The highest BCUT2D eigenvalue weighted by molar-refractivity contribution is 5.60. The largest absolute Gasteiger partial charge is 0.384 e. The van der Waals surface area contributed by atoms with E-state index < -0.39 is 0 Å². The Labute approximate surface area is 88.9 Å². The molecule has 0 amide bonds. The first-order valence-electron chi connectivity index (χ1n) is 5.55. The number of piperidine rings is 1. The molecule has 3 rings (SSSR count). The number of rotatable bonds is 0. The van der Waals surface area contributed by atoms with Gasteiger partial charge in [0.05, 0.1) is 0 Å². The number of halogens is 1. The molecule has 2 aliphatic rings. The third-order valence-corrected chi connectivity index (χ3v) is 3.73. The van der Waals surface area contributed by atoms with Crippen LogP contribution in [0.2, 0.25) is 0 Å². The summed E-state index contributed by atoms with van der Waals surface area (Å²) in [5, 5.41) is 6.75. The SMILES string of the molecule is Fc1ccc2c(c1)C1(CCNCC1)CN2. The molecule has 2 nitrogen and oxygen atoms in total. The molecule has 0 saturated carbocycles. The van der Waals surface area contributed by atoms with Gasteiger partial charge >= 0.3 is 0 Å². The van der Waals surface area contributed by atoms with Crippen LogP contribution in [0.4, 0.5) is 10.1 Å². The molecular formula is C12H15FN2. The van der Waals surface area contributed by atoms with Gasteiger partial charge in [-0.2, -0.15) is 0 Å². The summed E-state index contributed by atoms with van der Waals surface area (Å²) in [5.74, 6) is -0.115. The van der Waals surface area contributed by atoms with Gasteiger partial charge in [0.15, 0.2) is 0 Å². The van der Waals surface area contributed by atoms with Gasteiger partial charge < -0.3 is 10.6 Å². The lowest BCUT2D eigenvalue weighted by molar-refractivity contribution is 0.334. The average molecular weight is 206 g/mol. The van der Waals surface area contributed by atoms with Gasteiger partial charge in [-0.1, -0.05) is 0 Å². The van der Waals surface area contributed by atoms with Gasteiger partial charge in [0.1, 0.15) is 5.82 Å². The van der Waals surface area contributed by atoms with Gasteiger partial charge in [0, 0.05) is 17.6 Å². The van der Waals surface area contributed by atoms with E-state index in [2.05, 4.69) is 10.6 Å². The summed E-state index contributed by atoms with van der Waals surface area (Å²) in [6.45, 7) is 3.04. The van der Waals surface area contributed by atoms with Gasteiger partial charge in [-0.3, -0.25) is 0 Å². The minimum atomic E-state index is -0.115. The van der Waals surface area contributed by atoms with Crippen molar-refractivity contribution in [3.8, 4) is 0 Å². The highest BCUT2D eigenvalue weighted by Gasteiger charge is 2.39. The maximum absolute atomic E-state index is 13.3. The lowest BCUT2D eigenvalue weighted by atomic mass is 9.75. The quantitative estimate of drug-likeness (QED) is 0.677. The van der Waals surface area contributed by atoms with Gasteiger partial charge in [-0.05, 0) is 49.7 Å². The van der Waals surface area contributed by atoms with Crippen LogP contribution in [0.5, 0.6) is 0 Å². The Bertz CT molecular complexity index is 378. The fourth-order valence-corrected chi connectivity index (χ4v) is 2.82. The molecule has 0 aromatic heterocycles. The molecule has 1 fully saturated rings. The van der Waals surface area contributed by atoms with Crippen molar-refractivity contribution in [1.29, 1.82) is 0 Å². The Hall–Kier alpha value is -1.09. The standard InChI is InChI=1S/C12H15FN2/c13-9-1-2-11-10(7-9)12(8-15-11)3-5-14-6-4-12/h1-2,7,14-15H,3-6,8H2. The minimum Gasteiger partial charge on any atom is -0.384 e. The van der Waals surface area contributed by atoms with Gasteiger partial charge in [-0.25, -0.2) is 4.39 Å². The average Bonchev–Trinajstić information content (AvgIpc) is 2.59. The van der Waals surface area contributed by atoms with E-state index in [0.29, 0.717) is 0 Å². The molecule has 0 bridgehead atoms. The second-order valence-corrected chi connectivity index (χ2v) is 4.57. The van der Waals surface area contributed by atoms with E-state index in [4.69, 9.17) is 0 Å². The Morgan fingerprint density at radius 1 is 1.20 bits per heavy atom. The van der Waals surface area contributed by atoms with Crippen LogP contribution in [-0.2, 0) is 5.41 Å². The first-order valence-corrected chi connectivity index (χ1v) is 5.55. The van der Waals surface area contributed by atoms with Crippen LogP contribution in [0.15, 0.2) is 18.2 Å². The van der Waals surface area contributed by atoms with E-state index in [1.165, 1.54) is 11.6 Å². The van der Waals surface area contributed by atoms with E-state index >= 15 is 0 Å². The summed E-state index contributed by atoms with van der Waals surface area (Å²) in [4.78, 5) is 0. The summed E-state index contributed by atoms with van der Waals surface area (Å²) in [6.07, 6.45) is 2.22. The van der Waals surface area contributed by atoms with Gasteiger partial charge in [-0.15, -0.1) is 0 Å². The van der Waals surface area contributed by atoms with Crippen molar-refractivity contribution in [1.82, 2.24) is 5.32 Å². The first-order chi connectivity index (χ1) is 7.30. The second-order valence-electron chi connectivity index (χ2n) is 4.57. The normalized spacial score (nSPS) is 22.5. The summed E-state index contributed by atoms with van der Waals surface area (Å²) in [6, 6.07) is 5.11. The Morgan fingerprint density at radius 2 is 2.00 bits per heavy atom. The number of benzene rings is 1. The monoisotopic (exact) mass is 206 g/mol. The van der Waals surface area contributed by atoms with E-state index in [-0.39, 0.29) is 11.2 Å². The summed E-state index contributed by atoms with van der Waals surface area (Å²) in [7, 11) is 0. The molecule has 80 valence electrons. The Morgan fingerprint density at radius 3 is 2.80 bits per heavy atom. The van der Waals surface area contributed by atoms with Crippen molar-refractivity contribution in [2.45, 2.75) is 18.3 Å². The highest BCUT2D eigenvalue weighted by atomic mass is 19.1. The topological polar surface area (TPSA) is 24.1 Å². The van der Waals surface area contributed by atoms with E-state index in [9.17, 15) is 4.39 Å². The zero-order chi connectivity index (χ0) is 10.3. The van der Waals surface area contributed by atoms with Crippen molar-refractivity contribution in [3.05, 3.63) is 29.6 Å². The van der Waals surface area contributed by atoms with Crippen LogP contribution in [0.25, 0.3) is 0 Å². The Kier molecular flexibility index (Phi) is 1.96. The van der Waals surface area contributed by atoms with Crippen LogP contribution in [0.1, 0.15) is 18.4 Å². The highest BCUT2D eigenvalue weighted by Crippen LogP contribution is 2.42. The van der Waals surface area contributed by atoms with E-state index in [1.807, 2.05) is 6.07 Å². The van der Waals surface area contributed by atoms with E-state index in [1.54, 1.807) is 6.07 Å². The van der Waals surface area contributed by atoms with Crippen molar-refractivity contribution in [2.24, 2.45) is 0 Å². The van der Waals surface area contributed by atoms with Crippen LogP contribution >= 0.6 is 0 Å². The van der Waals surface area contributed by atoms with Crippen molar-refractivity contribution < 1.29 is 4.39 Å². The van der Waals surface area contributed by atoms with Crippen LogP contribution in [0.3, 0.4) is 0 Å². The molecule has 3 heteroatoms. The fourth-order valence-electron chi connectivity index (χ4n) is 2.82. The maximum Gasteiger partial charge on any atom is 0.123 e. The number of hydrogen-bond donors (Lipinski definition) is 2. The molecule has 1 aromatic rings. The molecule has 15 heavy (non-hydrogen) atoms. The number of fused-ring (bicyclic) bond motifs is 2. The van der Waals surface area contributed by atoms with Crippen LogP contribution in [0, 0.1) is 5.82 Å². The second kappa shape index (κ2) is 3.20. The molecule has 1 aromatic carbocycles. The predicted octanol–water partition coefficient (Wildman–Crippen LogP) is 1.87. The molecular weight excluding hydrogens is 191 g/mol. The lowest BCUT2D eigenvalue weighted by Gasteiger charge is -2.33. The third-order valence-electron chi connectivity index (χ3n) is 3.73. The molecule has 1 saturated heterocycles. The van der Waals surface area contributed by atoms with Crippen LogP contribution < -0.4 is 10.6 Å². The molecule has 0 radical (unpaired) electrons. The molecule has 0 aliphatic carbocycles.